The third kappa shape index (κ3) is 3.80. The summed E-state index contributed by atoms with van der Waals surface area (Å²) in [6.45, 7) is 3.59. The van der Waals surface area contributed by atoms with Gasteiger partial charge in [0.2, 0.25) is 5.91 Å². The van der Waals surface area contributed by atoms with Crippen molar-refractivity contribution in [3.63, 3.8) is 0 Å². The Morgan fingerprint density at radius 3 is 2.71 bits per heavy atom. The van der Waals surface area contributed by atoms with Gasteiger partial charge in [0.1, 0.15) is 5.82 Å². The normalized spacial score (nSPS) is 14.4. The van der Waals surface area contributed by atoms with Gasteiger partial charge in [0.25, 0.3) is 5.56 Å². The smallest absolute Gasteiger partial charge is 0.267 e. The van der Waals surface area contributed by atoms with Gasteiger partial charge in [-0.05, 0) is 56.0 Å². The predicted molar refractivity (Wildman–Crippen MR) is 111 cm³/mol. The molecule has 7 heteroatoms. The Balaban J connectivity index is 1.72. The molecule has 0 spiro atoms. The fourth-order valence-electron chi connectivity index (χ4n) is 3.41. The van der Waals surface area contributed by atoms with Gasteiger partial charge in [-0.3, -0.25) is 9.59 Å². The van der Waals surface area contributed by atoms with Crippen molar-refractivity contribution in [2.45, 2.75) is 31.3 Å². The van der Waals surface area contributed by atoms with Crippen LogP contribution in [-0.4, -0.2) is 44.2 Å². The van der Waals surface area contributed by atoms with E-state index in [-0.39, 0.29) is 17.2 Å². The Hall–Kier alpha value is -2.67. The average Bonchev–Trinajstić information content (AvgIpc) is 2.73. The zero-order valence-electron chi connectivity index (χ0n) is 15.8. The molecule has 4 rings (SSSR count). The van der Waals surface area contributed by atoms with E-state index in [9.17, 15) is 9.59 Å². The number of rotatable bonds is 4. The lowest BCUT2D eigenvalue weighted by Crippen LogP contribution is -2.36. The maximum Gasteiger partial charge on any atom is 0.267 e. The van der Waals surface area contributed by atoms with Crippen LogP contribution in [0, 0.1) is 6.92 Å². The molecule has 1 aromatic carbocycles. The number of piperidine rings is 1. The van der Waals surface area contributed by atoms with Crippen LogP contribution in [-0.2, 0) is 4.79 Å². The summed E-state index contributed by atoms with van der Waals surface area (Å²) in [6, 6.07) is 11.0. The molecule has 3 heterocycles. The topological polar surface area (TPSA) is 68.1 Å². The first-order valence-corrected chi connectivity index (χ1v) is 10.5. The van der Waals surface area contributed by atoms with Gasteiger partial charge in [0.05, 0.1) is 16.7 Å². The predicted octanol–water partition coefficient (Wildman–Crippen LogP) is 3.19. The number of likely N-dealkylation sites (tertiary alicyclic amines) is 1. The lowest BCUT2D eigenvalue weighted by molar-refractivity contribution is -0.129. The summed E-state index contributed by atoms with van der Waals surface area (Å²) in [6.07, 6.45) is 4.98. The summed E-state index contributed by atoms with van der Waals surface area (Å²) < 4.78 is 1.52. The Bertz CT molecular complexity index is 1070. The van der Waals surface area contributed by atoms with E-state index in [1.165, 1.54) is 22.7 Å². The SMILES string of the molecule is Cc1ccnc(-n2c(SCC(=O)N3CCCCC3)nc3ccccc3c2=O)c1. The van der Waals surface area contributed by atoms with Crippen LogP contribution >= 0.6 is 11.8 Å². The Kier molecular flexibility index (Phi) is 5.43. The number of aryl methyl sites for hydroxylation is 1. The lowest BCUT2D eigenvalue weighted by Gasteiger charge is -2.26. The molecule has 1 aliphatic heterocycles. The minimum atomic E-state index is -0.170. The van der Waals surface area contributed by atoms with Crippen molar-refractivity contribution in [3.05, 3.63) is 58.5 Å². The Morgan fingerprint density at radius 1 is 1.14 bits per heavy atom. The number of amides is 1. The van der Waals surface area contributed by atoms with Gasteiger partial charge in [-0.1, -0.05) is 23.9 Å². The second-order valence-corrected chi connectivity index (χ2v) is 7.92. The Morgan fingerprint density at radius 2 is 1.93 bits per heavy atom. The fourth-order valence-corrected chi connectivity index (χ4v) is 4.32. The summed E-state index contributed by atoms with van der Waals surface area (Å²) in [5, 5.41) is 1.03. The quantitative estimate of drug-likeness (QED) is 0.502. The maximum atomic E-state index is 13.2. The number of carbonyl (C=O) groups is 1. The third-order valence-corrected chi connectivity index (χ3v) is 5.83. The first kappa shape index (κ1) is 18.7. The highest BCUT2D eigenvalue weighted by molar-refractivity contribution is 7.99. The summed E-state index contributed by atoms with van der Waals surface area (Å²) in [7, 11) is 0. The van der Waals surface area contributed by atoms with Gasteiger partial charge in [0.15, 0.2) is 5.16 Å². The van der Waals surface area contributed by atoms with Gasteiger partial charge in [-0.25, -0.2) is 14.5 Å². The molecular weight excluding hydrogens is 372 g/mol. The van der Waals surface area contributed by atoms with Crippen LogP contribution in [0.3, 0.4) is 0 Å². The van der Waals surface area contributed by atoms with E-state index in [1.807, 2.05) is 42.2 Å². The van der Waals surface area contributed by atoms with Crippen LogP contribution in [0.1, 0.15) is 24.8 Å². The van der Waals surface area contributed by atoms with Crippen LogP contribution in [0.2, 0.25) is 0 Å². The summed E-state index contributed by atoms with van der Waals surface area (Å²) in [5.74, 6) is 0.878. The number of hydrogen-bond donors (Lipinski definition) is 0. The molecule has 3 aromatic rings. The van der Waals surface area contributed by atoms with Crippen molar-refractivity contribution >= 4 is 28.6 Å². The maximum absolute atomic E-state index is 13.2. The molecule has 0 bridgehead atoms. The molecule has 1 saturated heterocycles. The molecule has 28 heavy (non-hydrogen) atoms. The van der Waals surface area contributed by atoms with Crippen molar-refractivity contribution < 1.29 is 4.79 Å². The first-order chi connectivity index (χ1) is 13.6. The molecule has 2 aromatic heterocycles. The first-order valence-electron chi connectivity index (χ1n) is 9.49. The highest BCUT2D eigenvalue weighted by atomic mass is 32.2. The van der Waals surface area contributed by atoms with Crippen molar-refractivity contribution in [3.8, 4) is 5.82 Å². The molecule has 0 radical (unpaired) electrons. The minimum absolute atomic E-state index is 0.0934. The standard InChI is InChI=1S/C21H22N4O2S/c1-15-9-10-22-18(13-15)25-20(27)16-7-3-4-8-17(16)23-21(25)28-14-19(26)24-11-5-2-6-12-24/h3-4,7-10,13H,2,5-6,11-12,14H2,1H3. The molecule has 1 fully saturated rings. The summed E-state index contributed by atoms with van der Waals surface area (Å²) >= 11 is 1.30. The van der Waals surface area contributed by atoms with E-state index < -0.39 is 0 Å². The number of carbonyl (C=O) groups excluding carboxylic acids is 1. The zero-order chi connectivity index (χ0) is 19.5. The van der Waals surface area contributed by atoms with Crippen molar-refractivity contribution in [2.75, 3.05) is 18.8 Å². The van der Waals surface area contributed by atoms with E-state index in [2.05, 4.69) is 9.97 Å². The number of thioether (sulfide) groups is 1. The molecule has 0 unspecified atom stereocenters. The number of aromatic nitrogens is 3. The van der Waals surface area contributed by atoms with Crippen LogP contribution in [0.5, 0.6) is 0 Å². The van der Waals surface area contributed by atoms with Crippen molar-refractivity contribution in [1.29, 1.82) is 0 Å². The second-order valence-electron chi connectivity index (χ2n) is 6.97. The van der Waals surface area contributed by atoms with Crippen molar-refractivity contribution in [2.24, 2.45) is 0 Å². The van der Waals surface area contributed by atoms with E-state index in [4.69, 9.17) is 0 Å². The summed E-state index contributed by atoms with van der Waals surface area (Å²) in [5.41, 5.74) is 1.46. The molecular formula is C21H22N4O2S. The molecule has 1 aliphatic rings. The lowest BCUT2D eigenvalue weighted by atomic mass is 10.1. The van der Waals surface area contributed by atoms with Crippen LogP contribution in [0.15, 0.2) is 52.5 Å². The number of para-hydroxylation sites is 1. The van der Waals surface area contributed by atoms with E-state index >= 15 is 0 Å². The fraction of sp³-hybridized carbons (Fsp3) is 0.333. The van der Waals surface area contributed by atoms with Gasteiger partial charge in [0, 0.05) is 19.3 Å². The minimum Gasteiger partial charge on any atom is -0.342 e. The number of nitrogens with zero attached hydrogens (tertiary/aromatic N) is 4. The number of hydrogen-bond acceptors (Lipinski definition) is 5. The average molecular weight is 395 g/mol. The largest absolute Gasteiger partial charge is 0.342 e. The molecule has 1 amide bonds. The van der Waals surface area contributed by atoms with Crippen LogP contribution < -0.4 is 5.56 Å². The monoisotopic (exact) mass is 394 g/mol. The summed E-state index contributed by atoms with van der Waals surface area (Å²) in [4.78, 5) is 36.7. The Labute approximate surface area is 167 Å². The molecule has 144 valence electrons. The van der Waals surface area contributed by atoms with Crippen LogP contribution in [0.4, 0.5) is 0 Å². The molecule has 0 atom stereocenters. The second kappa shape index (κ2) is 8.14. The van der Waals surface area contributed by atoms with Crippen LogP contribution in [0.25, 0.3) is 16.7 Å². The number of fused-ring (bicyclic) bond motifs is 1. The highest BCUT2D eigenvalue weighted by Crippen LogP contribution is 2.22. The molecule has 6 nitrogen and oxygen atoms in total. The number of benzene rings is 1. The van der Waals surface area contributed by atoms with E-state index in [0.29, 0.717) is 21.9 Å². The van der Waals surface area contributed by atoms with Gasteiger partial charge in [-0.15, -0.1) is 0 Å². The zero-order valence-corrected chi connectivity index (χ0v) is 16.6. The van der Waals surface area contributed by atoms with Gasteiger partial charge in [-0.2, -0.15) is 0 Å². The van der Waals surface area contributed by atoms with E-state index in [1.54, 1.807) is 12.3 Å². The van der Waals surface area contributed by atoms with Gasteiger partial charge < -0.3 is 4.90 Å². The molecule has 0 N–H and O–H groups in total. The van der Waals surface area contributed by atoms with Gasteiger partial charge >= 0.3 is 0 Å². The van der Waals surface area contributed by atoms with E-state index in [0.717, 1.165) is 31.5 Å². The number of pyridine rings is 1. The highest BCUT2D eigenvalue weighted by Gasteiger charge is 2.19. The van der Waals surface area contributed by atoms with Crippen molar-refractivity contribution in [1.82, 2.24) is 19.4 Å². The third-order valence-electron chi connectivity index (χ3n) is 4.91. The molecule has 0 saturated carbocycles. The molecule has 0 aliphatic carbocycles.